The molecular weight excluding hydrogens is 342 g/mol. The summed E-state index contributed by atoms with van der Waals surface area (Å²) in [5.41, 5.74) is 4.23. The van der Waals surface area contributed by atoms with Gasteiger partial charge in [0, 0.05) is 29.4 Å². The smallest absolute Gasteiger partial charge is 0.251 e. The van der Waals surface area contributed by atoms with Crippen LogP contribution in [0.5, 0.6) is 0 Å². The maximum atomic E-state index is 13.0. The first-order chi connectivity index (χ1) is 12.7. The van der Waals surface area contributed by atoms with Crippen LogP contribution in [-0.4, -0.2) is 42.6 Å². The third-order valence-corrected chi connectivity index (χ3v) is 5.09. The number of rotatable bonds is 7. The van der Waals surface area contributed by atoms with E-state index in [-0.39, 0.29) is 23.5 Å². The molecule has 6 heteroatoms. The number of Topliss-reactive ketones (excluding diaryl/α,β-unsaturated/α-hetero) is 2. The van der Waals surface area contributed by atoms with Gasteiger partial charge in [-0.15, -0.1) is 0 Å². The molecule has 1 aromatic carbocycles. The van der Waals surface area contributed by atoms with Gasteiger partial charge >= 0.3 is 0 Å². The molecule has 1 unspecified atom stereocenters. The van der Waals surface area contributed by atoms with Crippen LogP contribution < -0.4 is 10.2 Å². The van der Waals surface area contributed by atoms with Gasteiger partial charge in [-0.3, -0.25) is 14.4 Å². The van der Waals surface area contributed by atoms with Gasteiger partial charge in [0.05, 0.1) is 12.7 Å². The van der Waals surface area contributed by atoms with Crippen molar-refractivity contribution in [3.05, 3.63) is 57.9 Å². The van der Waals surface area contributed by atoms with Crippen LogP contribution in [0.1, 0.15) is 61.9 Å². The summed E-state index contributed by atoms with van der Waals surface area (Å²) in [6.07, 6.45) is 0. The molecule has 0 spiro atoms. The van der Waals surface area contributed by atoms with E-state index in [1.54, 1.807) is 19.2 Å². The first kappa shape index (κ1) is 20.6. The van der Waals surface area contributed by atoms with E-state index in [0.717, 1.165) is 21.7 Å². The molecule has 1 heterocycles. The summed E-state index contributed by atoms with van der Waals surface area (Å²) >= 11 is 0. The normalized spacial score (nSPS) is 13.1. The van der Waals surface area contributed by atoms with Crippen molar-refractivity contribution in [2.75, 3.05) is 14.1 Å². The second-order valence-electron chi connectivity index (χ2n) is 7.07. The number of hydrogen-bond acceptors (Lipinski definition) is 3. The standard InChI is InChI=1S/C21H27N3O3/c1-12-18(15(4)25)13(2)23-19(12)20(26)14(3)24(6)11-16-7-9-17(10-8-16)21(27)22-5/h7-10,14,23H,11H2,1-6H3,(H,22,27)/p+1/t14-/m1/s1. The fourth-order valence-corrected chi connectivity index (χ4v) is 3.36. The summed E-state index contributed by atoms with van der Waals surface area (Å²) in [5.74, 6) is -0.169. The summed E-state index contributed by atoms with van der Waals surface area (Å²) in [4.78, 5) is 40.5. The monoisotopic (exact) mass is 370 g/mol. The number of likely N-dealkylation sites (N-methyl/N-ethyl adjacent to an activating group) is 1. The number of carbonyl (C=O) groups excluding carboxylic acids is 3. The average Bonchev–Trinajstić information content (AvgIpc) is 2.94. The molecule has 2 aromatic rings. The zero-order valence-electron chi connectivity index (χ0n) is 16.8. The number of carbonyl (C=O) groups is 3. The Kier molecular flexibility index (Phi) is 6.33. The Morgan fingerprint density at radius 2 is 1.74 bits per heavy atom. The zero-order valence-corrected chi connectivity index (χ0v) is 16.8. The van der Waals surface area contributed by atoms with Gasteiger partial charge in [-0.1, -0.05) is 12.1 Å². The Hall–Kier alpha value is -2.73. The molecule has 3 N–H and O–H groups in total. The Labute approximate surface area is 160 Å². The molecule has 27 heavy (non-hydrogen) atoms. The molecule has 1 aromatic heterocycles. The van der Waals surface area contributed by atoms with Crippen LogP contribution in [0.4, 0.5) is 0 Å². The Morgan fingerprint density at radius 1 is 1.15 bits per heavy atom. The van der Waals surface area contributed by atoms with E-state index >= 15 is 0 Å². The van der Waals surface area contributed by atoms with Crippen molar-refractivity contribution in [3.8, 4) is 0 Å². The van der Waals surface area contributed by atoms with Crippen LogP contribution in [0.25, 0.3) is 0 Å². The maximum Gasteiger partial charge on any atom is 0.251 e. The highest BCUT2D eigenvalue weighted by Crippen LogP contribution is 2.19. The minimum atomic E-state index is -0.278. The third-order valence-electron chi connectivity index (χ3n) is 5.09. The molecule has 0 aliphatic carbocycles. The molecular formula is C21H28N3O3+. The number of aryl methyl sites for hydroxylation is 1. The van der Waals surface area contributed by atoms with E-state index in [1.165, 1.54) is 6.92 Å². The molecule has 1 amide bonds. The van der Waals surface area contributed by atoms with Crippen LogP contribution >= 0.6 is 0 Å². The quantitative estimate of drug-likeness (QED) is 0.646. The number of ketones is 2. The van der Waals surface area contributed by atoms with E-state index in [9.17, 15) is 14.4 Å². The van der Waals surface area contributed by atoms with Gasteiger partial charge < -0.3 is 15.2 Å². The lowest BCUT2D eigenvalue weighted by molar-refractivity contribution is -0.907. The van der Waals surface area contributed by atoms with Crippen LogP contribution in [0.15, 0.2) is 24.3 Å². The number of H-pyrrole nitrogens is 1. The highest BCUT2D eigenvalue weighted by Gasteiger charge is 2.28. The van der Waals surface area contributed by atoms with Crippen molar-refractivity contribution in [2.45, 2.75) is 40.3 Å². The topological polar surface area (TPSA) is 83.5 Å². The average molecular weight is 370 g/mol. The number of aromatic amines is 1. The van der Waals surface area contributed by atoms with Crippen LogP contribution in [0.3, 0.4) is 0 Å². The predicted octanol–water partition coefficient (Wildman–Crippen LogP) is 1.48. The minimum Gasteiger partial charge on any atom is -0.355 e. The van der Waals surface area contributed by atoms with E-state index in [0.29, 0.717) is 23.4 Å². The lowest BCUT2D eigenvalue weighted by atomic mass is 10.0. The second-order valence-corrected chi connectivity index (χ2v) is 7.07. The summed E-state index contributed by atoms with van der Waals surface area (Å²) in [5, 5.41) is 2.60. The van der Waals surface area contributed by atoms with Crippen LogP contribution in [-0.2, 0) is 6.54 Å². The SMILES string of the molecule is CNC(=O)c1ccc(C[NH+](C)[C@H](C)C(=O)c2[nH]c(C)c(C(C)=O)c2C)cc1. The van der Waals surface area contributed by atoms with E-state index in [2.05, 4.69) is 10.3 Å². The Morgan fingerprint density at radius 3 is 2.22 bits per heavy atom. The summed E-state index contributed by atoms with van der Waals surface area (Å²) < 4.78 is 0. The summed E-state index contributed by atoms with van der Waals surface area (Å²) in [6, 6.07) is 7.10. The lowest BCUT2D eigenvalue weighted by Gasteiger charge is -2.21. The largest absolute Gasteiger partial charge is 0.355 e. The summed E-state index contributed by atoms with van der Waals surface area (Å²) in [6.45, 7) is 7.68. The van der Waals surface area contributed by atoms with Gasteiger partial charge in [-0.2, -0.15) is 0 Å². The molecule has 2 atom stereocenters. The molecule has 0 fully saturated rings. The molecule has 0 radical (unpaired) electrons. The highest BCUT2D eigenvalue weighted by molar-refractivity contribution is 6.04. The number of quaternary nitrogens is 1. The van der Waals surface area contributed by atoms with Gasteiger partial charge in [0.15, 0.2) is 11.8 Å². The van der Waals surface area contributed by atoms with Gasteiger partial charge in [0.25, 0.3) is 5.91 Å². The molecule has 0 aliphatic heterocycles. The molecule has 6 nitrogen and oxygen atoms in total. The number of amides is 1. The van der Waals surface area contributed by atoms with Gasteiger partial charge in [-0.05, 0) is 45.4 Å². The van der Waals surface area contributed by atoms with Crippen molar-refractivity contribution >= 4 is 17.5 Å². The first-order valence-corrected chi connectivity index (χ1v) is 9.05. The first-order valence-electron chi connectivity index (χ1n) is 9.05. The van der Waals surface area contributed by atoms with Crippen molar-refractivity contribution in [3.63, 3.8) is 0 Å². The fourth-order valence-electron chi connectivity index (χ4n) is 3.36. The molecule has 0 bridgehead atoms. The van der Waals surface area contributed by atoms with Crippen molar-refractivity contribution in [2.24, 2.45) is 0 Å². The fraction of sp³-hybridized carbons (Fsp3) is 0.381. The predicted molar refractivity (Wildman–Crippen MR) is 104 cm³/mol. The molecule has 2 rings (SSSR count). The zero-order chi connectivity index (χ0) is 20.3. The summed E-state index contributed by atoms with van der Waals surface area (Å²) in [7, 11) is 3.57. The van der Waals surface area contributed by atoms with E-state index in [4.69, 9.17) is 0 Å². The maximum absolute atomic E-state index is 13.0. The van der Waals surface area contributed by atoms with Gasteiger partial charge in [0.1, 0.15) is 6.54 Å². The number of nitrogens with one attached hydrogen (secondary N) is 3. The van der Waals surface area contributed by atoms with Crippen LogP contribution in [0.2, 0.25) is 0 Å². The molecule has 0 aliphatic rings. The Balaban J connectivity index is 2.14. The second kappa shape index (κ2) is 8.31. The van der Waals surface area contributed by atoms with Gasteiger partial charge in [0.2, 0.25) is 5.78 Å². The molecule has 144 valence electrons. The van der Waals surface area contributed by atoms with Crippen molar-refractivity contribution < 1.29 is 19.3 Å². The third kappa shape index (κ3) is 4.34. The number of benzene rings is 1. The molecule has 0 saturated heterocycles. The number of hydrogen-bond donors (Lipinski definition) is 3. The van der Waals surface area contributed by atoms with Crippen LogP contribution in [0, 0.1) is 13.8 Å². The van der Waals surface area contributed by atoms with E-state index in [1.807, 2.05) is 40.0 Å². The van der Waals surface area contributed by atoms with Gasteiger partial charge in [-0.25, -0.2) is 0 Å². The number of aromatic nitrogens is 1. The highest BCUT2D eigenvalue weighted by atomic mass is 16.1. The Bertz CT molecular complexity index is 866. The van der Waals surface area contributed by atoms with Crippen molar-refractivity contribution in [1.82, 2.24) is 10.3 Å². The molecule has 0 saturated carbocycles. The van der Waals surface area contributed by atoms with E-state index < -0.39 is 0 Å². The van der Waals surface area contributed by atoms with Crippen molar-refractivity contribution in [1.29, 1.82) is 0 Å². The minimum absolute atomic E-state index is 0.0115. The lowest BCUT2D eigenvalue weighted by Crippen LogP contribution is -3.12.